The van der Waals surface area contributed by atoms with Gasteiger partial charge in [-0.05, 0) is 37.5 Å². The van der Waals surface area contributed by atoms with E-state index in [0.29, 0.717) is 12.5 Å². The van der Waals surface area contributed by atoms with Gasteiger partial charge in [-0.2, -0.15) is 0 Å². The fourth-order valence-electron chi connectivity index (χ4n) is 4.29. The number of amides is 1. The Morgan fingerprint density at radius 1 is 1.12 bits per heavy atom. The van der Waals surface area contributed by atoms with Crippen molar-refractivity contribution in [2.45, 2.75) is 44.9 Å². The van der Waals surface area contributed by atoms with Crippen molar-refractivity contribution in [3.05, 3.63) is 0 Å². The van der Waals surface area contributed by atoms with Gasteiger partial charge in [0.1, 0.15) is 0 Å². The lowest BCUT2D eigenvalue weighted by Crippen LogP contribution is -2.46. The maximum Gasteiger partial charge on any atom is 0.230 e. The summed E-state index contributed by atoms with van der Waals surface area (Å²) in [5.41, 5.74) is 5.72. The predicted octanol–water partition coefficient (Wildman–Crippen LogP) is 1.76. The quantitative estimate of drug-likeness (QED) is 0.794. The molecule has 0 bridgehead atoms. The average molecular weight is 236 g/mol. The summed E-state index contributed by atoms with van der Waals surface area (Å²) >= 11 is 0. The van der Waals surface area contributed by atoms with Crippen LogP contribution < -0.4 is 5.73 Å². The first-order valence-corrected chi connectivity index (χ1v) is 7.25. The molecule has 2 atom stereocenters. The lowest BCUT2D eigenvalue weighted by Gasteiger charge is -2.31. The van der Waals surface area contributed by atoms with Gasteiger partial charge in [-0.15, -0.1) is 0 Å². The van der Waals surface area contributed by atoms with Crippen LogP contribution in [0.3, 0.4) is 0 Å². The zero-order chi connectivity index (χ0) is 11.9. The number of hydrogen-bond acceptors (Lipinski definition) is 2. The Morgan fingerprint density at radius 3 is 2.24 bits per heavy atom. The lowest BCUT2D eigenvalue weighted by molar-refractivity contribution is -0.140. The number of nitrogens with zero attached hydrogens (tertiary/aromatic N) is 1. The van der Waals surface area contributed by atoms with Gasteiger partial charge in [0.25, 0.3) is 0 Å². The molecule has 3 rings (SSSR count). The van der Waals surface area contributed by atoms with E-state index in [0.717, 1.165) is 37.8 Å². The molecule has 3 aliphatic rings. The molecule has 17 heavy (non-hydrogen) atoms. The highest BCUT2D eigenvalue weighted by molar-refractivity contribution is 5.83. The lowest BCUT2D eigenvalue weighted by atomic mass is 9.84. The molecule has 2 unspecified atom stereocenters. The Labute approximate surface area is 104 Å². The number of hydrogen-bond donors (Lipinski definition) is 1. The molecule has 3 heteroatoms. The molecule has 2 aliphatic carbocycles. The molecule has 0 spiro atoms. The topological polar surface area (TPSA) is 46.3 Å². The molecule has 0 aromatic carbocycles. The molecule has 96 valence electrons. The van der Waals surface area contributed by atoms with Crippen LogP contribution >= 0.6 is 0 Å². The third kappa shape index (κ3) is 1.79. The molecule has 1 saturated heterocycles. The molecule has 0 aromatic rings. The zero-order valence-electron chi connectivity index (χ0n) is 10.7. The maximum absolute atomic E-state index is 12.7. The van der Waals surface area contributed by atoms with Crippen LogP contribution in [0.15, 0.2) is 0 Å². The van der Waals surface area contributed by atoms with Crippen molar-refractivity contribution in [2.24, 2.45) is 23.0 Å². The van der Waals surface area contributed by atoms with Crippen molar-refractivity contribution in [2.75, 3.05) is 19.6 Å². The highest BCUT2D eigenvalue weighted by Crippen LogP contribution is 2.43. The van der Waals surface area contributed by atoms with Gasteiger partial charge in [-0.25, -0.2) is 0 Å². The van der Waals surface area contributed by atoms with E-state index in [-0.39, 0.29) is 5.41 Å². The van der Waals surface area contributed by atoms with E-state index in [4.69, 9.17) is 5.73 Å². The molecule has 1 amide bonds. The Hall–Kier alpha value is -0.570. The van der Waals surface area contributed by atoms with Gasteiger partial charge >= 0.3 is 0 Å². The van der Waals surface area contributed by atoms with Gasteiger partial charge < -0.3 is 10.6 Å². The van der Waals surface area contributed by atoms with Gasteiger partial charge in [0.15, 0.2) is 0 Å². The van der Waals surface area contributed by atoms with E-state index in [2.05, 4.69) is 4.90 Å². The molecule has 2 N–H and O–H groups in total. The first-order valence-electron chi connectivity index (χ1n) is 7.25. The van der Waals surface area contributed by atoms with E-state index in [1.165, 1.54) is 32.1 Å². The summed E-state index contributed by atoms with van der Waals surface area (Å²) in [5, 5.41) is 0. The van der Waals surface area contributed by atoms with Crippen molar-refractivity contribution in [3.63, 3.8) is 0 Å². The van der Waals surface area contributed by atoms with Crippen LogP contribution in [0.1, 0.15) is 44.9 Å². The molecule has 0 aromatic heterocycles. The van der Waals surface area contributed by atoms with Crippen LogP contribution in [0.4, 0.5) is 0 Å². The van der Waals surface area contributed by atoms with E-state index in [1.807, 2.05) is 0 Å². The summed E-state index contributed by atoms with van der Waals surface area (Å²) in [6, 6.07) is 0. The Morgan fingerprint density at radius 2 is 1.71 bits per heavy atom. The Kier molecular flexibility index (Phi) is 2.89. The van der Waals surface area contributed by atoms with Crippen molar-refractivity contribution in [1.29, 1.82) is 0 Å². The number of rotatable bonds is 2. The van der Waals surface area contributed by atoms with E-state index >= 15 is 0 Å². The fourth-order valence-corrected chi connectivity index (χ4v) is 4.29. The van der Waals surface area contributed by atoms with Crippen LogP contribution in [0, 0.1) is 17.3 Å². The summed E-state index contributed by atoms with van der Waals surface area (Å²) in [6.45, 7) is 2.59. The Bertz CT molecular complexity index is 297. The zero-order valence-corrected chi connectivity index (χ0v) is 10.7. The van der Waals surface area contributed by atoms with Crippen LogP contribution in [0.5, 0.6) is 0 Å². The number of fused-ring (bicyclic) bond motifs is 1. The second-order valence-electron chi connectivity index (χ2n) is 6.35. The number of carbonyl (C=O) groups is 1. The molecule has 2 saturated carbocycles. The summed E-state index contributed by atoms with van der Waals surface area (Å²) in [4.78, 5) is 14.8. The van der Waals surface area contributed by atoms with Gasteiger partial charge in [-0.3, -0.25) is 4.79 Å². The first-order chi connectivity index (χ1) is 8.25. The van der Waals surface area contributed by atoms with Crippen LogP contribution in [-0.4, -0.2) is 30.4 Å². The standard InChI is InChI=1S/C14H24N2O/c15-10-14(6-1-2-7-14)13(17)16-8-11-4-3-5-12(11)9-16/h11-12H,1-10,15H2. The fraction of sp³-hybridized carbons (Fsp3) is 0.929. The second-order valence-corrected chi connectivity index (χ2v) is 6.35. The highest BCUT2D eigenvalue weighted by atomic mass is 16.2. The predicted molar refractivity (Wildman–Crippen MR) is 67.4 cm³/mol. The molecule has 3 fully saturated rings. The SMILES string of the molecule is NCC1(C(=O)N2CC3CCCC3C2)CCCC1. The summed E-state index contributed by atoms with van der Waals surface area (Å²) in [6.07, 6.45) is 8.46. The number of carbonyl (C=O) groups excluding carboxylic acids is 1. The van der Waals surface area contributed by atoms with E-state index in [1.54, 1.807) is 0 Å². The third-order valence-corrected chi connectivity index (χ3v) is 5.42. The molecular weight excluding hydrogens is 212 g/mol. The minimum absolute atomic E-state index is 0.182. The van der Waals surface area contributed by atoms with Gasteiger partial charge in [0.2, 0.25) is 5.91 Å². The monoisotopic (exact) mass is 236 g/mol. The average Bonchev–Trinajstić information content (AvgIpc) is 3.03. The largest absolute Gasteiger partial charge is 0.342 e. The Balaban J connectivity index is 1.70. The molecular formula is C14H24N2O. The van der Waals surface area contributed by atoms with Crippen LogP contribution in [-0.2, 0) is 4.79 Å². The molecule has 1 aliphatic heterocycles. The number of likely N-dealkylation sites (tertiary alicyclic amines) is 1. The summed E-state index contributed by atoms with van der Waals surface area (Å²) in [7, 11) is 0. The van der Waals surface area contributed by atoms with Crippen molar-refractivity contribution in [3.8, 4) is 0 Å². The smallest absolute Gasteiger partial charge is 0.230 e. The first kappa shape index (κ1) is 11.5. The van der Waals surface area contributed by atoms with Crippen LogP contribution in [0.25, 0.3) is 0 Å². The maximum atomic E-state index is 12.7. The number of nitrogens with two attached hydrogens (primary N) is 1. The van der Waals surface area contributed by atoms with E-state index in [9.17, 15) is 4.79 Å². The molecule has 0 radical (unpaired) electrons. The molecule has 1 heterocycles. The van der Waals surface area contributed by atoms with Crippen molar-refractivity contribution in [1.82, 2.24) is 4.90 Å². The normalized spacial score (nSPS) is 35.2. The third-order valence-electron chi connectivity index (χ3n) is 5.42. The van der Waals surface area contributed by atoms with Gasteiger partial charge in [-0.1, -0.05) is 19.3 Å². The summed E-state index contributed by atoms with van der Waals surface area (Å²) < 4.78 is 0. The highest BCUT2D eigenvalue weighted by Gasteiger charge is 2.46. The van der Waals surface area contributed by atoms with Gasteiger partial charge in [0, 0.05) is 19.6 Å². The van der Waals surface area contributed by atoms with Crippen molar-refractivity contribution < 1.29 is 4.79 Å². The van der Waals surface area contributed by atoms with Crippen molar-refractivity contribution >= 4 is 5.91 Å². The molecule has 3 nitrogen and oxygen atoms in total. The summed E-state index contributed by atoms with van der Waals surface area (Å²) in [5.74, 6) is 1.98. The minimum atomic E-state index is -0.182. The van der Waals surface area contributed by atoms with Gasteiger partial charge in [0.05, 0.1) is 5.41 Å². The minimum Gasteiger partial charge on any atom is -0.342 e. The second kappa shape index (κ2) is 4.27. The van der Waals surface area contributed by atoms with E-state index < -0.39 is 0 Å². The van der Waals surface area contributed by atoms with Crippen LogP contribution in [0.2, 0.25) is 0 Å².